The molecule has 2 rings (SSSR count). The molecule has 1 aliphatic rings. The number of aromatic nitrogens is 1. The van der Waals surface area contributed by atoms with Gasteiger partial charge in [-0.1, -0.05) is 6.07 Å². The molecule has 1 unspecified atom stereocenters. The summed E-state index contributed by atoms with van der Waals surface area (Å²) in [5.41, 5.74) is 1.24. The van der Waals surface area contributed by atoms with E-state index >= 15 is 0 Å². The molecule has 106 valence electrons. The van der Waals surface area contributed by atoms with E-state index < -0.39 is 0 Å². The van der Waals surface area contributed by atoms with Gasteiger partial charge in [0.05, 0.1) is 5.69 Å². The van der Waals surface area contributed by atoms with Crippen LogP contribution in [0.3, 0.4) is 0 Å². The van der Waals surface area contributed by atoms with Crippen molar-refractivity contribution in [3.63, 3.8) is 0 Å². The molecule has 3 heteroatoms. The average Bonchev–Trinajstić information content (AvgIpc) is 3.18. The Morgan fingerprint density at radius 3 is 2.63 bits per heavy atom. The van der Waals surface area contributed by atoms with E-state index in [1.54, 1.807) is 0 Å². The van der Waals surface area contributed by atoms with Crippen molar-refractivity contribution in [1.82, 2.24) is 10.3 Å². The second kappa shape index (κ2) is 5.49. The molecule has 0 aliphatic heterocycles. The summed E-state index contributed by atoms with van der Waals surface area (Å²) in [6.07, 6.45) is 2.74. The van der Waals surface area contributed by atoms with Gasteiger partial charge in [-0.15, -0.1) is 0 Å². The van der Waals surface area contributed by atoms with Crippen molar-refractivity contribution in [2.75, 3.05) is 11.9 Å². The van der Waals surface area contributed by atoms with Gasteiger partial charge in [-0.3, -0.25) is 0 Å². The van der Waals surface area contributed by atoms with E-state index in [0.717, 1.165) is 24.0 Å². The van der Waals surface area contributed by atoms with Gasteiger partial charge in [0.25, 0.3) is 0 Å². The van der Waals surface area contributed by atoms with Crippen LogP contribution in [0, 0.1) is 5.92 Å². The lowest BCUT2D eigenvalue weighted by Crippen LogP contribution is -2.35. The molecule has 3 nitrogen and oxygen atoms in total. The summed E-state index contributed by atoms with van der Waals surface area (Å²) in [5.74, 6) is 1.95. The molecule has 1 aromatic heterocycles. The molecular formula is C16H27N3. The molecule has 1 N–H and O–H groups in total. The fourth-order valence-corrected chi connectivity index (χ4v) is 2.22. The summed E-state index contributed by atoms with van der Waals surface area (Å²) < 4.78 is 0. The second-order valence-corrected chi connectivity index (χ2v) is 6.78. The van der Waals surface area contributed by atoms with Crippen molar-refractivity contribution in [3.8, 4) is 0 Å². The van der Waals surface area contributed by atoms with E-state index in [1.807, 2.05) is 0 Å². The van der Waals surface area contributed by atoms with Crippen LogP contribution in [0.4, 0.5) is 5.82 Å². The third-order valence-corrected chi connectivity index (χ3v) is 3.87. The number of nitrogens with zero attached hydrogens (tertiary/aromatic N) is 2. The normalized spacial score (nSPS) is 17.3. The van der Waals surface area contributed by atoms with Gasteiger partial charge in [-0.2, -0.15) is 0 Å². The van der Waals surface area contributed by atoms with E-state index in [4.69, 9.17) is 4.98 Å². The van der Waals surface area contributed by atoms with Gasteiger partial charge in [0, 0.05) is 25.2 Å². The molecule has 1 aromatic rings. The molecule has 0 bridgehead atoms. The van der Waals surface area contributed by atoms with Gasteiger partial charge in [0.1, 0.15) is 5.82 Å². The molecule has 1 heterocycles. The van der Waals surface area contributed by atoms with Gasteiger partial charge in [0.2, 0.25) is 0 Å². The topological polar surface area (TPSA) is 28.2 Å². The zero-order chi connectivity index (χ0) is 14.0. The summed E-state index contributed by atoms with van der Waals surface area (Å²) in [6, 6.07) is 6.91. The molecule has 0 spiro atoms. The number of rotatable bonds is 5. The minimum atomic E-state index is 0.130. The number of hydrogen-bond donors (Lipinski definition) is 1. The monoisotopic (exact) mass is 261 g/mol. The Kier molecular flexibility index (Phi) is 4.14. The van der Waals surface area contributed by atoms with Gasteiger partial charge in [-0.25, -0.2) is 4.98 Å². The predicted molar refractivity (Wildman–Crippen MR) is 81.4 cm³/mol. The van der Waals surface area contributed by atoms with Gasteiger partial charge in [0.15, 0.2) is 0 Å². The van der Waals surface area contributed by atoms with E-state index in [-0.39, 0.29) is 5.54 Å². The summed E-state index contributed by atoms with van der Waals surface area (Å²) in [5, 5.41) is 3.49. The SMILES string of the molecule is CC(C1CC1)N(C)c1cccc(CNC(C)(C)C)n1. The molecule has 1 atom stereocenters. The van der Waals surface area contributed by atoms with E-state index in [1.165, 1.54) is 12.8 Å². The molecule has 19 heavy (non-hydrogen) atoms. The molecular weight excluding hydrogens is 234 g/mol. The third-order valence-electron chi connectivity index (χ3n) is 3.87. The lowest BCUT2D eigenvalue weighted by Gasteiger charge is -2.26. The van der Waals surface area contributed by atoms with Crippen molar-refractivity contribution in [2.45, 2.75) is 58.7 Å². The summed E-state index contributed by atoms with van der Waals surface area (Å²) in [7, 11) is 2.16. The highest BCUT2D eigenvalue weighted by Crippen LogP contribution is 2.35. The molecule has 0 saturated heterocycles. The zero-order valence-electron chi connectivity index (χ0n) is 12.9. The van der Waals surface area contributed by atoms with Crippen LogP contribution in [0.15, 0.2) is 18.2 Å². The maximum Gasteiger partial charge on any atom is 0.128 e. The van der Waals surface area contributed by atoms with Crippen molar-refractivity contribution in [3.05, 3.63) is 23.9 Å². The summed E-state index contributed by atoms with van der Waals surface area (Å²) in [6.45, 7) is 9.66. The van der Waals surface area contributed by atoms with Crippen LogP contribution in [0.1, 0.15) is 46.2 Å². The first kappa shape index (κ1) is 14.3. The van der Waals surface area contributed by atoms with Crippen LogP contribution in [0.2, 0.25) is 0 Å². The van der Waals surface area contributed by atoms with Gasteiger partial charge < -0.3 is 10.2 Å². The van der Waals surface area contributed by atoms with Crippen LogP contribution < -0.4 is 10.2 Å². The van der Waals surface area contributed by atoms with E-state index in [2.05, 4.69) is 63.2 Å². The van der Waals surface area contributed by atoms with Crippen LogP contribution in [-0.2, 0) is 6.54 Å². The molecule has 0 aromatic carbocycles. The molecule has 1 fully saturated rings. The quantitative estimate of drug-likeness (QED) is 0.882. The maximum absolute atomic E-state index is 4.77. The molecule has 0 amide bonds. The Hall–Kier alpha value is -1.09. The Bertz CT molecular complexity index is 418. The third kappa shape index (κ3) is 4.20. The molecule has 0 radical (unpaired) electrons. The summed E-state index contributed by atoms with van der Waals surface area (Å²) in [4.78, 5) is 7.09. The first-order chi connectivity index (χ1) is 8.87. The van der Waals surface area contributed by atoms with E-state index in [9.17, 15) is 0 Å². The van der Waals surface area contributed by atoms with Crippen LogP contribution in [-0.4, -0.2) is 23.6 Å². The largest absolute Gasteiger partial charge is 0.357 e. The Labute approximate surface area is 117 Å². The highest BCUT2D eigenvalue weighted by Gasteiger charge is 2.31. The molecule has 1 aliphatic carbocycles. The van der Waals surface area contributed by atoms with Crippen molar-refractivity contribution in [1.29, 1.82) is 0 Å². The second-order valence-electron chi connectivity index (χ2n) is 6.78. The number of hydrogen-bond acceptors (Lipinski definition) is 3. The minimum Gasteiger partial charge on any atom is -0.357 e. The number of anilines is 1. The van der Waals surface area contributed by atoms with Crippen molar-refractivity contribution < 1.29 is 0 Å². The fraction of sp³-hybridized carbons (Fsp3) is 0.688. The van der Waals surface area contributed by atoms with Crippen LogP contribution >= 0.6 is 0 Å². The van der Waals surface area contributed by atoms with Crippen molar-refractivity contribution in [2.24, 2.45) is 5.92 Å². The Balaban J connectivity index is 2.01. The standard InChI is InChI=1S/C16H27N3/c1-12(13-9-10-13)19(5)15-8-6-7-14(18-15)11-17-16(2,3)4/h6-8,12-13,17H,9-11H2,1-5H3. The van der Waals surface area contributed by atoms with Gasteiger partial charge in [-0.05, 0) is 58.6 Å². The van der Waals surface area contributed by atoms with Gasteiger partial charge >= 0.3 is 0 Å². The van der Waals surface area contributed by atoms with Crippen molar-refractivity contribution >= 4 is 5.82 Å². The molecule has 1 saturated carbocycles. The first-order valence-electron chi connectivity index (χ1n) is 7.30. The first-order valence-corrected chi connectivity index (χ1v) is 7.30. The predicted octanol–water partition coefficient (Wildman–Crippen LogP) is 3.20. The Morgan fingerprint density at radius 1 is 1.37 bits per heavy atom. The summed E-state index contributed by atoms with van der Waals surface area (Å²) >= 11 is 0. The van der Waals surface area contributed by atoms with Crippen LogP contribution in [0.5, 0.6) is 0 Å². The maximum atomic E-state index is 4.77. The zero-order valence-corrected chi connectivity index (χ0v) is 12.9. The lowest BCUT2D eigenvalue weighted by atomic mass is 10.1. The fourth-order valence-electron chi connectivity index (χ4n) is 2.22. The average molecular weight is 261 g/mol. The lowest BCUT2D eigenvalue weighted by molar-refractivity contribution is 0.421. The van der Waals surface area contributed by atoms with E-state index in [0.29, 0.717) is 6.04 Å². The smallest absolute Gasteiger partial charge is 0.128 e. The minimum absolute atomic E-state index is 0.130. The highest BCUT2D eigenvalue weighted by molar-refractivity contribution is 5.40. The number of pyridine rings is 1. The van der Waals surface area contributed by atoms with Crippen LogP contribution in [0.25, 0.3) is 0 Å². The Morgan fingerprint density at radius 2 is 2.05 bits per heavy atom. The number of nitrogens with one attached hydrogen (secondary N) is 1. The highest BCUT2D eigenvalue weighted by atomic mass is 15.2.